The topological polar surface area (TPSA) is 52.1 Å². The second-order valence-electron chi connectivity index (χ2n) is 4.55. The van der Waals surface area contributed by atoms with Gasteiger partial charge in [-0.05, 0) is 26.8 Å². The normalized spacial score (nSPS) is 10.5. The Labute approximate surface area is 112 Å². The number of carbonyl (C=O) groups excluding carboxylic acids is 1. The Morgan fingerprint density at radius 1 is 1.26 bits per heavy atom. The van der Waals surface area contributed by atoms with Gasteiger partial charge in [-0.25, -0.2) is 4.98 Å². The second kappa shape index (κ2) is 5.61. The maximum atomic E-state index is 11.4. The number of ether oxygens (including phenoxy) is 1. The van der Waals surface area contributed by atoms with Crippen molar-refractivity contribution in [3.8, 4) is 17.1 Å². The number of hydrogen-bond acceptors (Lipinski definition) is 4. The first-order valence-electron chi connectivity index (χ1n) is 6.16. The standard InChI is InChI=1S/C15H16N2O2/c1-10(2)19-15-9-16-8-14(17-15)13-6-4-5-12(7-13)11(3)18/h4-10H,1-3H3. The summed E-state index contributed by atoms with van der Waals surface area (Å²) in [5, 5.41) is 0. The number of benzene rings is 1. The van der Waals surface area contributed by atoms with Crippen LogP contribution in [0.4, 0.5) is 0 Å². The van der Waals surface area contributed by atoms with Gasteiger partial charge in [-0.3, -0.25) is 9.78 Å². The van der Waals surface area contributed by atoms with E-state index in [0.717, 1.165) is 5.56 Å². The number of rotatable bonds is 4. The molecular weight excluding hydrogens is 240 g/mol. The molecule has 0 aliphatic rings. The van der Waals surface area contributed by atoms with E-state index in [9.17, 15) is 4.79 Å². The lowest BCUT2D eigenvalue weighted by Crippen LogP contribution is -2.07. The van der Waals surface area contributed by atoms with Gasteiger partial charge in [0.1, 0.15) is 0 Å². The molecular formula is C15H16N2O2. The zero-order chi connectivity index (χ0) is 13.8. The molecule has 98 valence electrons. The minimum absolute atomic E-state index is 0.0318. The van der Waals surface area contributed by atoms with Crippen LogP contribution in [-0.4, -0.2) is 21.9 Å². The van der Waals surface area contributed by atoms with Gasteiger partial charge in [-0.15, -0.1) is 0 Å². The van der Waals surface area contributed by atoms with E-state index >= 15 is 0 Å². The third-order valence-corrected chi connectivity index (χ3v) is 2.53. The van der Waals surface area contributed by atoms with Crippen molar-refractivity contribution >= 4 is 5.78 Å². The highest BCUT2D eigenvalue weighted by Crippen LogP contribution is 2.20. The Morgan fingerprint density at radius 2 is 2.05 bits per heavy atom. The average Bonchev–Trinajstić information content (AvgIpc) is 2.38. The van der Waals surface area contributed by atoms with Crippen molar-refractivity contribution in [1.29, 1.82) is 0 Å². The molecule has 0 saturated heterocycles. The van der Waals surface area contributed by atoms with E-state index in [0.29, 0.717) is 17.1 Å². The van der Waals surface area contributed by atoms with Gasteiger partial charge < -0.3 is 4.74 Å². The van der Waals surface area contributed by atoms with E-state index in [4.69, 9.17) is 4.74 Å². The fourth-order valence-corrected chi connectivity index (χ4v) is 1.68. The molecule has 0 aliphatic carbocycles. The number of ketones is 1. The van der Waals surface area contributed by atoms with Gasteiger partial charge in [0.25, 0.3) is 0 Å². The number of Topliss-reactive ketones (excluding diaryl/α,β-unsaturated/α-hetero) is 1. The van der Waals surface area contributed by atoms with E-state index in [1.165, 1.54) is 0 Å². The molecule has 4 heteroatoms. The summed E-state index contributed by atoms with van der Waals surface area (Å²) in [6, 6.07) is 7.33. The summed E-state index contributed by atoms with van der Waals surface area (Å²) in [6.45, 7) is 5.42. The Balaban J connectivity index is 2.36. The summed E-state index contributed by atoms with van der Waals surface area (Å²) in [6.07, 6.45) is 3.29. The molecule has 19 heavy (non-hydrogen) atoms. The number of carbonyl (C=O) groups is 1. The van der Waals surface area contributed by atoms with Gasteiger partial charge in [-0.1, -0.05) is 18.2 Å². The van der Waals surface area contributed by atoms with Gasteiger partial charge in [0.2, 0.25) is 5.88 Å². The van der Waals surface area contributed by atoms with Crippen LogP contribution in [0.5, 0.6) is 5.88 Å². The van der Waals surface area contributed by atoms with Crippen LogP contribution < -0.4 is 4.74 Å². The minimum Gasteiger partial charge on any atom is -0.474 e. The lowest BCUT2D eigenvalue weighted by molar-refractivity contribution is 0.101. The molecule has 0 unspecified atom stereocenters. The van der Waals surface area contributed by atoms with Crippen molar-refractivity contribution in [2.24, 2.45) is 0 Å². The van der Waals surface area contributed by atoms with Crippen molar-refractivity contribution in [2.75, 3.05) is 0 Å². The molecule has 1 aromatic heterocycles. The molecule has 0 bridgehead atoms. The first kappa shape index (κ1) is 13.2. The monoisotopic (exact) mass is 256 g/mol. The average molecular weight is 256 g/mol. The smallest absolute Gasteiger partial charge is 0.233 e. The Hall–Kier alpha value is -2.23. The summed E-state index contributed by atoms with van der Waals surface area (Å²) < 4.78 is 5.51. The molecule has 4 nitrogen and oxygen atoms in total. The van der Waals surface area contributed by atoms with Crippen molar-refractivity contribution in [3.63, 3.8) is 0 Å². The fourth-order valence-electron chi connectivity index (χ4n) is 1.68. The van der Waals surface area contributed by atoms with Crippen molar-refractivity contribution in [2.45, 2.75) is 26.9 Å². The summed E-state index contributed by atoms with van der Waals surface area (Å²) in [5.74, 6) is 0.519. The number of aromatic nitrogens is 2. The van der Waals surface area contributed by atoms with Crippen molar-refractivity contribution in [1.82, 2.24) is 9.97 Å². The fraction of sp³-hybridized carbons (Fsp3) is 0.267. The van der Waals surface area contributed by atoms with E-state index < -0.39 is 0 Å². The zero-order valence-electron chi connectivity index (χ0n) is 11.3. The van der Waals surface area contributed by atoms with Crippen LogP contribution in [0, 0.1) is 0 Å². The van der Waals surface area contributed by atoms with Gasteiger partial charge in [-0.2, -0.15) is 0 Å². The van der Waals surface area contributed by atoms with E-state index in [2.05, 4.69) is 9.97 Å². The Bertz CT molecular complexity index is 594. The van der Waals surface area contributed by atoms with Crippen LogP contribution in [0.25, 0.3) is 11.3 Å². The molecule has 0 fully saturated rings. The lowest BCUT2D eigenvalue weighted by atomic mass is 10.1. The maximum absolute atomic E-state index is 11.4. The number of hydrogen-bond donors (Lipinski definition) is 0. The predicted octanol–water partition coefficient (Wildman–Crippen LogP) is 3.13. The zero-order valence-corrected chi connectivity index (χ0v) is 11.3. The summed E-state index contributed by atoms with van der Waals surface area (Å²) in [7, 11) is 0. The first-order chi connectivity index (χ1) is 9.06. The highest BCUT2D eigenvalue weighted by Gasteiger charge is 2.06. The lowest BCUT2D eigenvalue weighted by Gasteiger charge is -2.09. The molecule has 0 aliphatic heterocycles. The highest BCUT2D eigenvalue weighted by molar-refractivity contribution is 5.95. The van der Waals surface area contributed by atoms with E-state index in [1.54, 1.807) is 25.4 Å². The molecule has 1 heterocycles. The quantitative estimate of drug-likeness (QED) is 0.788. The first-order valence-corrected chi connectivity index (χ1v) is 6.16. The largest absolute Gasteiger partial charge is 0.474 e. The Kier molecular flexibility index (Phi) is 3.90. The molecule has 0 amide bonds. The van der Waals surface area contributed by atoms with Gasteiger partial charge in [0.05, 0.1) is 24.2 Å². The Morgan fingerprint density at radius 3 is 2.74 bits per heavy atom. The van der Waals surface area contributed by atoms with Crippen LogP contribution >= 0.6 is 0 Å². The van der Waals surface area contributed by atoms with Gasteiger partial charge in [0, 0.05) is 11.1 Å². The molecule has 1 aromatic carbocycles. The van der Waals surface area contributed by atoms with Crippen LogP contribution in [-0.2, 0) is 0 Å². The minimum atomic E-state index is 0.0318. The summed E-state index contributed by atoms with van der Waals surface area (Å²) in [5.41, 5.74) is 2.21. The summed E-state index contributed by atoms with van der Waals surface area (Å²) >= 11 is 0. The molecule has 0 atom stereocenters. The number of nitrogens with zero attached hydrogens (tertiary/aromatic N) is 2. The van der Waals surface area contributed by atoms with E-state index in [-0.39, 0.29) is 11.9 Å². The van der Waals surface area contributed by atoms with Crippen molar-refractivity contribution < 1.29 is 9.53 Å². The summed E-state index contributed by atoms with van der Waals surface area (Å²) in [4.78, 5) is 19.9. The van der Waals surface area contributed by atoms with Gasteiger partial charge >= 0.3 is 0 Å². The SMILES string of the molecule is CC(=O)c1cccc(-c2cncc(OC(C)C)n2)c1. The van der Waals surface area contributed by atoms with Crippen molar-refractivity contribution in [3.05, 3.63) is 42.2 Å². The molecule has 0 N–H and O–H groups in total. The highest BCUT2D eigenvalue weighted by atomic mass is 16.5. The molecule has 0 spiro atoms. The van der Waals surface area contributed by atoms with Gasteiger partial charge in [0.15, 0.2) is 5.78 Å². The van der Waals surface area contributed by atoms with E-state index in [1.807, 2.05) is 32.0 Å². The second-order valence-corrected chi connectivity index (χ2v) is 4.55. The van der Waals surface area contributed by atoms with Crippen LogP contribution in [0.3, 0.4) is 0 Å². The predicted molar refractivity (Wildman–Crippen MR) is 73.2 cm³/mol. The van der Waals surface area contributed by atoms with Crippen LogP contribution in [0.2, 0.25) is 0 Å². The molecule has 2 rings (SSSR count). The van der Waals surface area contributed by atoms with Crippen LogP contribution in [0.15, 0.2) is 36.7 Å². The molecule has 2 aromatic rings. The third kappa shape index (κ3) is 3.37. The maximum Gasteiger partial charge on any atom is 0.233 e. The molecule has 0 saturated carbocycles. The molecule has 0 radical (unpaired) electrons. The third-order valence-electron chi connectivity index (χ3n) is 2.53. The van der Waals surface area contributed by atoms with Crippen LogP contribution in [0.1, 0.15) is 31.1 Å².